The molecule has 5 nitrogen and oxygen atoms in total. The van der Waals surface area contributed by atoms with Gasteiger partial charge in [0.1, 0.15) is 22.3 Å². The minimum Gasteiger partial charge on any atom is -0.485 e. The third kappa shape index (κ3) is 2.81. The van der Waals surface area contributed by atoms with E-state index in [2.05, 4.69) is 9.97 Å². The normalized spacial score (nSPS) is 10.7. The summed E-state index contributed by atoms with van der Waals surface area (Å²) < 4.78 is 5.59. The number of ether oxygens (including phenoxy) is 1. The average molecular weight is 320 g/mol. The predicted octanol–water partition coefficient (Wildman–Crippen LogP) is 3.02. The van der Waals surface area contributed by atoms with Crippen LogP contribution in [0.3, 0.4) is 0 Å². The van der Waals surface area contributed by atoms with Gasteiger partial charge >= 0.3 is 0 Å². The van der Waals surface area contributed by atoms with E-state index < -0.39 is 5.91 Å². The first-order chi connectivity index (χ1) is 10.1. The van der Waals surface area contributed by atoms with E-state index in [0.717, 1.165) is 10.2 Å². The highest BCUT2D eigenvalue weighted by molar-refractivity contribution is 7.16. The van der Waals surface area contributed by atoms with Crippen molar-refractivity contribution in [3.63, 3.8) is 0 Å². The fourth-order valence-electron chi connectivity index (χ4n) is 1.86. The summed E-state index contributed by atoms with van der Waals surface area (Å²) in [7, 11) is 0. The summed E-state index contributed by atoms with van der Waals surface area (Å²) in [5.74, 6) is 0.309. The van der Waals surface area contributed by atoms with Crippen LogP contribution in [0, 0.1) is 0 Å². The van der Waals surface area contributed by atoms with Crippen LogP contribution in [-0.2, 0) is 6.61 Å². The summed E-state index contributed by atoms with van der Waals surface area (Å²) in [4.78, 5) is 20.7. The molecule has 0 saturated carbocycles. The molecule has 0 unspecified atom stereocenters. The molecule has 0 saturated heterocycles. The number of aromatic nitrogens is 2. The summed E-state index contributed by atoms with van der Waals surface area (Å²) in [6.07, 6.45) is 0. The topological polar surface area (TPSA) is 78.1 Å². The maximum absolute atomic E-state index is 11.3. The maximum Gasteiger partial charge on any atom is 0.252 e. The molecule has 0 aliphatic heterocycles. The number of halogens is 1. The van der Waals surface area contributed by atoms with Crippen molar-refractivity contribution in [1.29, 1.82) is 0 Å². The number of hydrogen-bond donors (Lipinski definition) is 1. The van der Waals surface area contributed by atoms with Gasteiger partial charge < -0.3 is 10.5 Å². The highest BCUT2D eigenvalue weighted by Crippen LogP contribution is 2.25. The monoisotopic (exact) mass is 319 g/mol. The molecule has 3 rings (SSSR count). The molecule has 0 bridgehead atoms. The summed E-state index contributed by atoms with van der Waals surface area (Å²) in [5.41, 5.74) is 5.62. The third-order valence-corrected chi connectivity index (χ3v) is 3.93. The lowest BCUT2D eigenvalue weighted by molar-refractivity contribution is 0.0995. The van der Waals surface area contributed by atoms with Crippen LogP contribution >= 0.6 is 22.9 Å². The van der Waals surface area contributed by atoms with E-state index >= 15 is 0 Å². The van der Waals surface area contributed by atoms with E-state index in [1.165, 1.54) is 11.3 Å². The SMILES string of the molecule is NC(=O)c1ccccc1OCc1nc(Cl)c2ccsc2n1. The molecule has 2 N–H and O–H groups in total. The molecule has 2 aromatic heterocycles. The largest absolute Gasteiger partial charge is 0.485 e. The van der Waals surface area contributed by atoms with Crippen LogP contribution in [0.25, 0.3) is 10.2 Å². The molecule has 21 heavy (non-hydrogen) atoms. The van der Waals surface area contributed by atoms with Crippen molar-refractivity contribution in [3.8, 4) is 5.75 Å². The van der Waals surface area contributed by atoms with E-state index in [4.69, 9.17) is 22.1 Å². The number of thiophene rings is 1. The smallest absolute Gasteiger partial charge is 0.252 e. The van der Waals surface area contributed by atoms with Crippen molar-refractivity contribution in [2.45, 2.75) is 6.61 Å². The Morgan fingerprint density at radius 1 is 1.29 bits per heavy atom. The molecule has 0 atom stereocenters. The first-order valence-electron chi connectivity index (χ1n) is 6.06. The quantitative estimate of drug-likeness (QED) is 0.750. The number of carbonyl (C=O) groups is 1. The van der Waals surface area contributed by atoms with Crippen molar-refractivity contribution in [2.75, 3.05) is 0 Å². The van der Waals surface area contributed by atoms with Gasteiger partial charge in [-0.05, 0) is 23.6 Å². The zero-order valence-corrected chi connectivity index (χ0v) is 12.3. The van der Waals surface area contributed by atoms with Gasteiger partial charge in [0.25, 0.3) is 5.91 Å². The number of nitrogens with zero attached hydrogens (tertiary/aromatic N) is 2. The van der Waals surface area contributed by atoms with Gasteiger partial charge in [-0.25, -0.2) is 9.97 Å². The molecule has 0 spiro atoms. The second kappa shape index (κ2) is 5.67. The van der Waals surface area contributed by atoms with Crippen LogP contribution in [0.1, 0.15) is 16.2 Å². The van der Waals surface area contributed by atoms with Crippen molar-refractivity contribution in [2.24, 2.45) is 5.73 Å². The predicted molar refractivity (Wildman–Crippen MR) is 81.7 cm³/mol. The molecule has 106 valence electrons. The molecule has 0 aliphatic carbocycles. The molecular weight excluding hydrogens is 310 g/mol. The Hall–Kier alpha value is -2.18. The van der Waals surface area contributed by atoms with Crippen LogP contribution in [-0.4, -0.2) is 15.9 Å². The van der Waals surface area contributed by atoms with E-state index in [1.807, 2.05) is 11.4 Å². The number of amides is 1. The first-order valence-corrected chi connectivity index (χ1v) is 7.32. The Morgan fingerprint density at radius 2 is 2.10 bits per heavy atom. The lowest BCUT2D eigenvalue weighted by Gasteiger charge is -2.08. The third-order valence-electron chi connectivity index (χ3n) is 2.83. The number of carbonyl (C=O) groups excluding carboxylic acids is 1. The zero-order chi connectivity index (χ0) is 14.8. The molecule has 0 fully saturated rings. The molecular formula is C14H10ClN3O2S. The highest BCUT2D eigenvalue weighted by atomic mass is 35.5. The van der Waals surface area contributed by atoms with Gasteiger partial charge in [-0.3, -0.25) is 4.79 Å². The van der Waals surface area contributed by atoms with E-state index in [0.29, 0.717) is 22.3 Å². The number of benzene rings is 1. The van der Waals surface area contributed by atoms with Crippen molar-refractivity contribution < 1.29 is 9.53 Å². The van der Waals surface area contributed by atoms with Gasteiger partial charge in [-0.15, -0.1) is 11.3 Å². The lowest BCUT2D eigenvalue weighted by Crippen LogP contribution is -2.13. The summed E-state index contributed by atoms with van der Waals surface area (Å²) in [6, 6.07) is 8.63. The molecule has 3 aromatic rings. The standard InChI is InChI=1S/C14H10ClN3O2S/c15-12-9-5-6-21-14(9)18-11(17-12)7-20-10-4-2-1-3-8(10)13(16)19/h1-6H,7H2,(H2,16,19). The van der Waals surface area contributed by atoms with E-state index in [9.17, 15) is 4.79 Å². The van der Waals surface area contributed by atoms with Crippen molar-refractivity contribution in [3.05, 3.63) is 52.3 Å². The van der Waals surface area contributed by atoms with Crippen LogP contribution in [0.5, 0.6) is 5.75 Å². The Balaban J connectivity index is 1.85. The average Bonchev–Trinajstić information content (AvgIpc) is 2.94. The zero-order valence-electron chi connectivity index (χ0n) is 10.7. The molecule has 0 radical (unpaired) electrons. The number of fused-ring (bicyclic) bond motifs is 1. The highest BCUT2D eigenvalue weighted by Gasteiger charge is 2.11. The molecule has 2 heterocycles. The van der Waals surface area contributed by atoms with Crippen LogP contribution in [0.2, 0.25) is 5.15 Å². The maximum atomic E-state index is 11.3. The van der Waals surface area contributed by atoms with Gasteiger partial charge in [-0.1, -0.05) is 23.7 Å². The molecule has 0 aliphatic rings. The van der Waals surface area contributed by atoms with Crippen LogP contribution < -0.4 is 10.5 Å². The van der Waals surface area contributed by atoms with Gasteiger partial charge in [0.05, 0.1) is 5.56 Å². The number of rotatable bonds is 4. The second-order valence-electron chi connectivity index (χ2n) is 4.22. The fraction of sp³-hybridized carbons (Fsp3) is 0.0714. The van der Waals surface area contributed by atoms with E-state index in [1.54, 1.807) is 24.3 Å². The minimum absolute atomic E-state index is 0.109. The second-order valence-corrected chi connectivity index (χ2v) is 5.47. The summed E-state index contributed by atoms with van der Waals surface area (Å²) in [5, 5.41) is 3.11. The Labute approximate surface area is 129 Å². The lowest BCUT2D eigenvalue weighted by atomic mass is 10.2. The van der Waals surface area contributed by atoms with Crippen LogP contribution in [0.15, 0.2) is 35.7 Å². The molecule has 1 aromatic carbocycles. The Kier molecular flexibility index (Phi) is 3.72. The number of hydrogen-bond acceptors (Lipinski definition) is 5. The molecule has 7 heteroatoms. The number of para-hydroxylation sites is 1. The Bertz CT molecular complexity index is 819. The number of nitrogens with two attached hydrogens (primary N) is 1. The number of primary amides is 1. The molecule has 1 amide bonds. The van der Waals surface area contributed by atoms with Crippen LogP contribution in [0.4, 0.5) is 0 Å². The van der Waals surface area contributed by atoms with Gasteiger partial charge in [0, 0.05) is 5.39 Å². The van der Waals surface area contributed by atoms with Gasteiger partial charge in [0.2, 0.25) is 0 Å². The summed E-state index contributed by atoms with van der Waals surface area (Å²) >= 11 is 7.57. The Morgan fingerprint density at radius 3 is 2.90 bits per heavy atom. The van der Waals surface area contributed by atoms with Crippen molar-refractivity contribution in [1.82, 2.24) is 9.97 Å². The van der Waals surface area contributed by atoms with Crippen molar-refractivity contribution >= 4 is 39.1 Å². The summed E-state index contributed by atoms with van der Waals surface area (Å²) in [6.45, 7) is 0.109. The van der Waals surface area contributed by atoms with Gasteiger partial charge in [0.15, 0.2) is 5.82 Å². The fourth-order valence-corrected chi connectivity index (χ4v) is 2.95. The minimum atomic E-state index is -0.543. The van der Waals surface area contributed by atoms with E-state index in [-0.39, 0.29) is 6.61 Å². The van der Waals surface area contributed by atoms with Gasteiger partial charge in [-0.2, -0.15) is 0 Å². The first kappa shape index (κ1) is 13.8.